The first kappa shape index (κ1) is 23.6. The Labute approximate surface area is 204 Å². The molecule has 0 bridgehead atoms. The highest BCUT2D eigenvalue weighted by Crippen LogP contribution is 2.36. The standard InChI is InChI=1S/C24H20ClN3O5S/c1-14-10-17(15(2)27(14)20-9-8-19(28(31)32)12-21(20)33-3)11-22-23(29)26(24(30)34-22)13-16-4-6-18(25)7-5-16/h4-12H,13H2,1-3H3/b22-11+. The Morgan fingerprint density at radius 2 is 1.82 bits per heavy atom. The number of carbonyl (C=O) groups is 2. The van der Waals surface area contributed by atoms with Gasteiger partial charge in [0.1, 0.15) is 5.75 Å². The van der Waals surface area contributed by atoms with Crippen LogP contribution < -0.4 is 4.74 Å². The van der Waals surface area contributed by atoms with Crippen molar-refractivity contribution in [3.63, 3.8) is 0 Å². The number of aryl methyl sites for hydroxylation is 1. The highest BCUT2D eigenvalue weighted by molar-refractivity contribution is 8.18. The molecule has 0 radical (unpaired) electrons. The normalized spacial score (nSPS) is 14.8. The average Bonchev–Trinajstić information content (AvgIpc) is 3.23. The van der Waals surface area contributed by atoms with E-state index in [1.807, 2.05) is 24.5 Å². The van der Waals surface area contributed by atoms with Crippen LogP contribution in [0, 0.1) is 24.0 Å². The second-order valence-electron chi connectivity index (χ2n) is 7.67. The molecular formula is C24H20ClN3O5S. The van der Waals surface area contributed by atoms with Crippen LogP contribution in [0.3, 0.4) is 0 Å². The number of non-ortho nitro benzene ring substituents is 1. The van der Waals surface area contributed by atoms with E-state index in [4.69, 9.17) is 16.3 Å². The largest absolute Gasteiger partial charge is 0.494 e. The Morgan fingerprint density at radius 3 is 2.47 bits per heavy atom. The van der Waals surface area contributed by atoms with Crippen molar-refractivity contribution in [2.75, 3.05) is 7.11 Å². The Balaban J connectivity index is 1.65. The fraction of sp³-hybridized carbons (Fsp3) is 0.167. The number of nitrogens with zero attached hydrogens (tertiary/aromatic N) is 3. The molecule has 0 saturated carbocycles. The highest BCUT2D eigenvalue weighted by atomic mass is 35.5. The minimum Gasteiger partial charge on any atom is -0.494 e. The fourth-order valence-corrected chi connectivity index (χ4v) is 4.77. The number of carbonyl (C=O) groups excluding carboxylic acids is 2. The van der Waals surface area contributed by atoms with Crippen molar-refractivity contribution in [3.05, 3.63) is 91.1 Å². The molecule has 2 aromatic carbocycles. The van der Waals surface area contributed by atoms with E-state index in [1.165, 1.54) is 24.1 Å². The molecule has 34 heavy (non-hydrogen) atoms. The van der Waals surface area contributed by atoms with Crippen LogP contribution >= 0.6 is 23.4 Å². The van der Waals surface area contributed by atoms with Crippen LogP contribution in [0.1, 0.15) is 22.5 Å². The Bertz CT molecular complexity index is 1350. The van der Waals surface area contributed by atoms with Crippen molar-refractivity contribution in [2.24, 2.45) is 0 Å². The second kappa shape index (κ2) is 9.36. The molecule has 0 atom stereocenters. The molecule has 1 aliphatic heterocycles. The van der Waals surface area contributed by atoms with Crippen LogP contribution in [-0.2, 0) is 11.3 Å². The summed E-state index contributed by atoms with van der Waals surface area (Å²) < 4.78 is 7.29. The van der Waals surface area contributed by atoms with Gasteiger partial charge in [0.2, 0.25) is 0 Å². The molecule has 0 unspecified atom stereocenters. The van der Waals surface area contributed by atoms with Gasteiger partial charge in [-0.2, -0.15) is 0 Å². The molecule has 10 heteroatoms. The third-order valence-corrected chi connectivity index (χ3v) is 6.66. The van der Waals surface area contributed by atoms with Crippen molar-refractivity contribution >= 4 is 46.3 Å². The predicted octanol–water partition coefficient (Wildman–Crippen LogP) is 5.90. The van der Waals surface area contributed by atoms with Crippen LogP contribution in [0.4, 0.5) is 10.5 Å². The van der Waals surface area contributed by atoms with E-state index in [9.17, 15) is 19.7 Å². The van der Waals surface area contributed by atoms with Crippen LogP contribution in [0.25, 0.3) is 11.8 Å². The maximum absolute atomic E-state index is 13.0. The summed E-state index contributed by atoms with van der Waals surface area (Å²) in [6.07, 6.45) is 1.70. The number of ether oxygens (including phenoxy) is 1. The number of nitro groups is 1. The number of thioether (sulfide) groups is 1. The summed E-state index contributed by atoms with van der Waals surface area (Å²) in [6.45, 7) is 3.92. The zero-order valence-electron chi connectivity index (χ0n) is 18.6. The van der Waals surface area contributed by atoms with E-state index >= 15 is 0 Å². The first-order valence-electron chi connectivity index (χ1n) is 10.2. The van der Waals surface area contributed by atoms with Gasteiger partial charge in [0, 0.05) is 22.5 Å². The van der Waals surface area contributed by atoms with Crippen LogP contribution in [0.2, 0.25) is 5.02 Å². The molecule has 4 rings (SSSR count). The molecular weight excluding hydrogens is 478 g/mol. The molecule has 1 fully saturated rings. The third-order valence-electron chi connectivity index (χ3n) is 5.50. The highest BCUT2D eigenvalue weighted by Gasteiger charge is 2.35. The van der Waals surface area contributed by atoms with Gasteiger partial charge in [0.25, 0.3) is 16.8 Å². The number of methoxy groups -OCH3 is 1. The fourth-order valence-electron chi connectivity index (χ4n) is 3.82. The number of aromatic nitrogens is 1. The molecule has 3 aromatic rings. The zero-order valence-corrected chi connectivity index (χ0v) is 20.1. The van der Waals surface area contributed by atoms with E-state index in [1.54, 1.807) is 36.4 Å². The van der Waals surface area contributed by atoms with Crippen molar-refractivity contribution in [1.82, 2.24) is 9.47 Å². The predicted molar refractivity (Wildman–Crippen MR) is 131 cm³/mol. The van der Waals surface area contributed by atoms with E-state index in [-0.39, 0.29) is 23.4 Å². The lowest BCUT2D eigenvalue weighted by Gasteiger charge is -2.14. The quantitative estimate of drug-likeness (QED) is 0.239. The Kier molecular flexibility index (Phi) is 6.49. The molecule has 1 aliphatic rings. The zero-order chi connectivity index (χ0) is 24.6. The lowest BCUT2D eigenvalue weighted by atomic mass is 10.2. The first-order valence-corrected chi connectivity index (χ1v) is 11.4. The van der Waals surface area contributed by atoms with E-state index < -0.39 is 4.92 Å². The molecule has 1 aromatic heterocycles. The number of amides is 2. The summed E-state index contributed by atoms with van der Waals surface area (Å²) in [5.41, 5.74) is 3.77. The summed E-state index contributed by atoms with van der Waals surface area (Å²) in [4.78, 5) is 37.7. The van der Waals surface area contributed by atoms with Gasteiger partial charge < -0.3 is 9.30 Å². The maximum Gasteiger partial charge on any atom is 0.293 e. The summed E-state index contributed by atoms with van der Waals surface area (Å²) in [6, 6.07) is 13.3. The summed E-state index contributed by atoms with van der Waals surface area (Å²) in [7, 11) is 1.45. The van der Waals surface area contributed by atoms with Gasteiger partial charge in [0.05, 0.1) is 35.2 Å². The van der Waals surface area contributed by atoms with Crippen molar-refractivity contribution < 1.29 is 19.2 Å². The number of hydrogen-bond donors (Lipinski definition) is 0. The summed E-state index contributed by atoms with van der Waals surface area (Å²) in [5, 5.41) is 11.4. The Morgan fingerprint density at radius 1 is 1.12 bits per heavy atom. The van der Waals surface area contributed by atoms with Gasteiger partial charge in [0.15, 0.2) is 0 Å². The van der Waals surface area contributed by atoms with Crippen LogP contribution in [-0.4, -0.2) is 32.6 Å². The van der Waals surface area contributed by atoms with Crippen LogP contribution in [0.5, 0.6) is 5.75 Å². The molecule has 174 valence electrons. The molecule has 0 N–H and O–H groups in total. The minimum absolute atomic E-state index is 0.0716. The van der Waals surface area contributed by atoms with E-state index in [0.717, 1.165) is 34.3 Å². The lowest BCUT2D eigenvalue weighted by molar-refractivity contribution is -0.384. The second-order valence-corrected chi connectivity index (χ2v) is 9.10. The van der Waals surface area contributed by atoms with Crippen molar-refractivity contribution in [2.45, 2.75) is 20.4 Å². The van der Waals surface area contributed by atoms with Gasteiger partial charge in [-0.3, -0.25) is 24.6 Å². The lowest BCUT2D eigenvalue weighted by Crippen LogP contribution is -2.27. The smallest absolute Gasteiger partial charge is 0.293 e. The van der Waals surface area contributed by atoms with Gasteiger partial charge in [-0.1, -0.05) is 23.7 Å². The number of rotatable bonds is 6. The molecule has 2 heterocycles. The number of halogens is 1. The first-order chi connectivity index (χ1) is 16.2. The number of hydrogen-bond acceptors (Lipinski definition) is 6. The van der Waals surface area contributed by atoms with Gasteiger partial charge in [-0.05, 0) is 67.1 Å². The van der Waals surface area contributed by atoms with Gasteiger partial charge in [-0.25, -0.2) is 0 Å². The molecule has 1 saturated heterocycles. The van der Waals surface area contributed by atoms with E-state index in [2.05, 4.69) is 0 Å². The number of nitro benzene ring substituents is 1. The number of imide groups is 1. The monoisotopic (exact) mass is 497 g/mol. The topological polar surface area (TPSA) is 94.7 Å². The number of benzene rings is 2. The van der Waals surface area contributed by atoms with Gasteiger partial charge in [-0.15, -0.1) is 0 Å². The molecule has 8 nitrogen and oxygen atoms in total. The minimum atomic E-state index is -0.479. The average molecular weight is 498 g/mol. The van der Waals surface area contributed by atoms with Gasteiger partial charge >= 0.3 is 0 Å². The maximum atomic E-state index is 13.0. The van der Waals surface area contributed by atoms with Crippen LogP contribution in [0.15, 0.2) is 53.4 Å². The third kappa shape index (κ3) is 4.44. The van der Waals surface area contributed by atoms with Crippen molar-refractivity contribution in [3.8, 4) is 11.4 Å². The SMILES string of the molecule is COc1cc([N+](=O)[O-])ccc1-n1c(C)cc(/C=C2/SC(=O)N(Cc3ccc(Cl)cc3)C2=O)c1C. The molecule has 0 aliphatic carbocycles. The summed E-state index contributed by atoms with van der Waals surface area (Å²) in [5.74, 6) is -0.00601. The van der Waals surface area contributed by atoms with E-state index in [0.29, 0.717) is 21.4 Å². The molecule has 2 amide bonds. The summed E-state index contributed by atoms with van der Waals surface area (Å²) >= 11 is 6.81. The molecule has 0 spiro atoms. The van der Waals surface area contributed by atoms with Crippen molar-refractivity contribution in [1.29, 1.82) is 0 Å². The Hall–Kier alpha value is -3.56.